The Hall–Kier alpha value is -1.49. The second kappa shape index (κ2) is 3.71. The van der Waals surface area contributed by atoms with Crippen molar-refractivity contribution in [2.45, 2.75) is 5.03 Å². The third-order valence-corrected chi connectivity index (χ3v) is 2.74. The van der Waals surface area contributed by atoms with E-state index in [4.69, 9.17) is 0 Å². The van der Waals surface area contributed by atoms with Crippen LogP contribution in [-0.2, 0) is 4.79 Å². The molecule has 0 unspecified atom stereocenters. The Morgan fingerprint density at radius 1 is 1.57 bits per heavy atom. The van der Waals surface area contributed by atoms with Gasteiger partial charge in [0.05, 0.1) is 11.0 Å². The minimum Gasteiger partial charge on any atom is -0.549 e. The predicted molar refractivity (Wildman–Crippen MR) is 50.9 cm³/mol. The van der Waals surface area contributed by atoms with E-state index in [9.17, 15) is 9.90 Å². The van der Waals surface area contributed by atoms with Crippen LogP contribution in [-0.4, -0.2) is 21.1 Å². The summed E-state index contributed by atoms with van der Waals surface area (Å²) in [5, 5.41) is 11.1. The van der Waals surface area contributed by atoms with E-state index >= 15 is 0 Å². The van der Waals surface area contributed by atoms with Gasteiger partial charge in [-0.15, -0.1) is 11.8 Å². The molecule has 2 heterocycles. The standard InChI is InChI=1S/C9H8N2O2S/c12-9(13)6-14-8-3-1-2-7-10-4-5-11(7)8/h1-5H,6H2,(H,12,13)/p-1. The number of aromatic nitrogens is 2. The number of carboxylic acid groups (broad SMARTS) is 1. The monoisotopic (exact) mass is 207 g/mol. The number of fused-ring (bicyclic) bond motifs is 1. The molecule has 0 spiro atoms. The predicted octanol–water partition coefficient (Wildman–Crippen LogP) is 0.176. The summed E-state index contributed by atoms with van der Waals surface area (Å²) < 4.78 is 1.84. The molecule has 2 aromatic heterocycles. The van der Waals surface area contributed by atoms with Gasteiger partial charge in [0, 0.05) is 18.1 Å². The average molecular weight is 207 g/mol. The zero-order valence-corrected chi connectivity index (χ0v) is 8.03. The lowest BCUT2D eigenvalue weighted by atomic mass is 10.5. The minimum atomic E-state index is -1.06. The minimum absolute atomic E-state index is 0.0444. The molecule has 2 rings (SSSR count). The first kappa shape index (κ1) is 9.08. The molecule has 72 valence electrons. The number of thioether (sulfide) groups is 1. The number of carboxylic acids is 1. The molecular formula is C9H7N2O2S-. The average Bonchev–Trinajstić information content (AvgIpc) is 2.62. The van der Waals surface area contributed by atoms with Gasteiger partial charge < -0.3 is 9.90 Å². The Labute approximate surface area is 84.6 Å². The van der Waals surface area contributed by atoms with Gasteiger partial charge in [-0.3, -0.25) is 4.40 Å². The van der Waals surface area contributed by atoms with Crippen molar-refractivity contribution < 1.29 is 9.90 Å². The lowest BCUT2D eigenvalue weighted by molar-refractivity contribution is -0.301. The summed E-state index contributed by atoms with van der Waals surface area (Å²) in [5.41, 5.74) is 0.813. The number of carbonyl (C=O) groups excluding carboxylic acids is 1. The summed E-state index contributed by atoms with van der Waals surface area (Å²) in [4.78, 5) is 14.4. The fourth-order valence-corrected chi connectivity index (χ4v) is 1.91. The van der Waals surface area contributed by atoms with Crippen LogP contribution in [0.4, 0.5) is 0 Å². The van der Waals surface area contributed by atoms with E-state index in [0.29, 0.717) is 0 Å². The molecule has 0 saturated heterocycles. The summed E-state index contributed by atoms with van der Waals surface area (Å²) in [6.45, 7) is 0. The smallest absolute Gasteiger partial charge is 0.137 e. The SMILES string of the molecule is O=C([O-])CSc1cccc2nccn12. The summed E-state index contributed by atoms with van der Waals surface area (Å²) in [6, 6.07) is 5.56. The lowest BCUT2D eigenvalue weighted by Gasteiger charge is -2.04. The van der Waals surface area contributed by atoms with Crippen molar-refractivity contribution in [1.29, 1.82) is 0 Å². The molecule has 4 nitrogen and oxygen atoms in total. The summed E-state index contributed by atoms with van der Waals surface area (Å²) in [5.74, 6) is -1.11. The van der Waals surface area contributed by atoms with Crippen LogP contribution in [0.15, 0.2) is 35.6 Å². The summed E-state index contributed by atoms with van der Waals surface area (Å²) in [6.07, 6.45) is 3.48. The Bertz CT molecular complexity index is 467. The molecule has 0 aliphatic carbocycles. The van der Waals surface area contributed by atoms with Gasteiger partial charge in [-0.05, 0) is 12.1 Å². The van der Waals surface area contributed by atoms with Crippen LogP contribution in [0.5, 0.6) is 0 Å². The lowest BCUT2D eigenvalue weighted by Crippen LogP contribution is -2.24. The molecule has 0 atom stereocenters. The number of hydrogen-bond donors (Lipinski definition) is 0. The third kappa shape index (κ3) is 1.72. The zero-order chi connectivity index (χ0) is 9.97. The molecule has 0 aromatic carbocycles. The van der Waals surface area contributed by atoms with Crippen LogP contribution < -0.4 is 5.11 Å². The number of rotatable bonds is 3. The van der Waals surface area contributed by atoms with Gasteiger partial charge in [0.15, 0.2) is 0 Å². The molecule has 0 aliphatic heterocycles. The Morgan fingerprint density at radius 2 is 2.43 bits per heavy atom. The molecule has 0 radical (unpaired) electrons. The molecule has 0 saturated carbocycles. The van der Waals surface area contributed by atoms with E-state index in [1.807, 2.05) is 22.6 Å². The molecule has 0 bridgehead atoms. The molecular weight excluding hydrogens is 200 g/mol. The fourth-order valence-electron chi connectivity index (χ4n) is 1.17. The highest BCUT2D eigenvalue weighted by Crippen LogP contribution is 2.18. The van der Waals surface area contributed by atoms with Crippen LogP contribution in [0.2, 0.25) is 0 Å². The van der Waals surface area contributed by atoms with Crippen molar-refractivity contribution in [1.82, 2.24) is 9.38 Å². The molecule has 5 heteroatoms. The normalized spacial score (nSPS) is 10.6. The van der Waals surface area contributed by atoms with Crippen LogP contribution in [0, 0.1) is 0 Å². The topological polar surface area (TPSA) is 57.4 Å². The highest BCUT2D eigenvalue weighted by atomic mass is 32.2. The van der Waals surface area contributed by atoms with Crippen molar-refractivity contribution in [3.63, 3.8) is 0 Å². The quantitative estimate of drug-likeness (QED) is 0.673. The molecule has 2 aromatic rings. The molecule has 0 fully saturated rings. The van der Waals surface area contributed by atoms with Crippen molar-refractivity contribution in [2.75, 3.05) is 5.75 Å². The number of aliphatic carboxylic acids is 1. The summed E-state index contributed by atoms with van der Waals surface area (Å²) in [7, 11) is 0. The first-order valence-corrected chi connectivity index (χ1v) is 5.00. The molecule has 0 N–H and O–H groups in total. The van der Waals surface area contributed by atoms with Crippen molar-refractivity contribution in [2.24, 2.45) is 0 Å². The zero-order valence-electron chi connectivity index (χ0n) is 7.21. The van der Waals surface area contributed by atoms with Crippen LogP contribution in [0.25, 0.3) is 5.65 Å². The highest BCUT2D eigenvalue weighted by molar-refractivity contribution is 7.99. The van der Waals surface area contributed by atoms with Crippen molar-refractivity contribution in [3.8, 4) is 0 Å². The maximum atomic E-state index is 10.3. The van der Waals surface area contributed by atoms with E-state index in [0.717, 1.165) is 10.7 Å². The second-order valence-electron chi connectivity index (χ2n) is 2.68. The number of pyridine rings is 1. The number of carbonyl (C=O) groups is 1. The van der Waals surface area contributed by atoms with Crippen molar-refractivity contribution >= 4 is 23.4 Å². The maximum absolute atomic E-state index is 10.3. The van der Waals surface area contributed by atoms with Gasteiger partial charge in [-0.2, -0.15) is 0 Å². The number of nitrogens with zero attached hydrogens (tertiary/aromatic N) is 2. The van der Waals surface area contributed by atoms with E-state index in [1.165, 1.54) is 11.8 Å². The Balaban J connectivity index is 2.32. The molecule has 0 amide bonds. The molecule has 14 heavy (non-hydrogen) atoms. The number of hydrogen-bond acceptors (Lipinski definition) is 4. The van der Waals surface area contributed by atoms with Gasteiger partial charge in [0.25, 0.3) is 0 Å². The first-order chi connectivity index (χ1) is 6.77. The summed E-state index contributed by atoms with van der Waals surface area (Å²) >= 11 is 1.22. The molecule has 0 aliphatic rings. The highest BCUT2D eigenvalue weighted by Gasteiger charge is 2.00. The van der Waals surface area contributed by atoms with Crippen molar-refractivity contribution in [3.05, 3.63) is 30.6 Å². The van der Waals surface area contributed by atoms with Gasteiger partial charge in [0.1, 0.15) is 5.65 Å². The Kier molecular flexibility index (Phi) is 2.41. The van der Waals surface area contributed by atoms with E-state index < -0.39 is 5.97 Å². The second-order valence-corrected chi connectivity index (χ2v) is 3.68. The van der Waals surface area contributed by atoms with Crippen LogP contribution in [0.1, 0.15) is 0 Å². The van der Waals surface area contributed by atoms with E-state index in [-0.39, 0.29) is 5.75 Å². The van der Waals surface area contributed by atoms with Gasteiger partial charge in [-0.25, -0.2) is 4.98 Å². The number of imidazole rings is 1. The first-order valence-electron chi connectivity index (χ1n) is 4.02. The van der Waals surface area contributed by atoms with Gasteiger partial charge in [0.2, 0.25) is 0 Å². The van der Waals surface area contributed by atoms with E-state index in [1.54, 1.807) is 12.4 Å². The van der Waals surface area contributed by atoms with Gasteiger partial charge in [-0.1, -0.05) is 6.07 Å². The largest absolute Gasteiger partial charge is 0.549 e. The fraction of sp³-hybridized carbons (Fsp3) is 0.111. The van der Waals surface area contributed by atoms with E-state index in [2.05, 4.69) is 4.98 Å². The maximum Gasteiger partial charge on any atom is 0.137 e. The van der Waals surface area contributed by atoms with Gasteiger partial charge >= 0.3 is 0 Å². The van der Waals surface area contributed by atoms with Crippen LogP contribution >= 0.6 is 11.8 Å². The third-order valence-electron chi connectivity index (χ3n) is 1.73. The Morgan fingerprint density at radius 3 is 3.21 bits per heavy atom. The van der Waals surface area contributed by atoms with Crippen LogP contribution in [0.3, 0.4) is 0 Å².